The minimum absolute atomic E-state index is 0.154. The summed E-state index contributed by atoms with van der Waals surface area (Å²) in [7, 11) is -3.81. The lowest BCUT2D eigenvalue weighted by molar-refractivity contribution is 0.485. The molecule has 2 nitrogen and oxygen atoms in total. The molecule has 0 fully saturated rings. The van der Waals surface area contributed by atoms with Crippen LogP contribution in [0.3, 0.4) is 0 Å². The van der Waals surface area contributed by atoms with Gasteiger partial charge < -0.3 is 0 Å². The van der Waals surface area contributed by atoms with E-state index in [2.05, 4.69) is 0 Å². The largest absolute Gasteiger partial charge is 0.224 e. The number of sulfone groups is 1. The molecular weight excluding hydrogens is 234 g/mol. The smallest absolute Gasteiger partial charge is 0.182 e. The molecule has 0 bridgehead atoms. The average Bonchev–Trinajstić information content (AvgIpc) is 2.09. The van der Waals surface area contributed by atoms with E-state index < -0.39 is 32.1 Å². The second kappa shape index (κ2) is 4.23. The van der Waals surface area contributed by atoms with E-state index in [1.165, 1.54) is 0 Å². The van der Waals surface area contributed by atoms with Gasteiger partial charge in [-0.3, -0.25) is 0 Å². The maximum atomic E-state index is 13.0. The minimum atomic E-state index is -3.81. The van der Waals surface area contributed by atoms with Gasteiger partial charge in [0.05, 0.1) is 5.75 Å². The van der Waals surface area contributed by atoms with E-state index in [9.17, 15) is 17.2 Å². The quantitative estimate of drug-likeness (QED) is 0.757. The highest BCUT2D eigenvalue weighted by Gasteiger charge is 2.20. The Morgan fingerprint density at radius 3 is 2.50 bits per heavy atom. The Bertz CT molecular complexity index is 431. The molecule has 0 unspecified atom stereocenters. The van der Waals surface area contributed by atoms with Crippen LogP contribution in [-0.4, -0.2) is 20.1 Å². The molecule has 0 amide bonds. The monoisotopic (exact) mass is 240 g/mol. The molecule has 0 aliphatic heterocycles. The molecule has 0 atom stereocenters. The molecule has 6 heteroatoms. The number of hydrogen-bond acceptors (Lipinski definition) is 2. The van der Waals surface area contributed by atoms with E-state index in [1.54, 1.807) is 0 Å². The van der Waals surface area contributed by atoms with E-state index >= 15 is 0 Å². The summed E-state index contributed by atoms with van der Waals surface area (Å²) in [5.74, 6) is -3.09. The number of benzene rings is 1. The highest BCUT2D eigenvalue weighted by molar-refractivity contribution is 7.91. The Morgan fingerprint density at radius 2 is 1.93 bits per heavy atom. The zero-order valence-corrected chi connectivity index (χ0v) is 8.58. The standard InChI is InChI=1S/C8H7ClF2O2S/c9-4-5-14(12,13)7-3-1-2-6(10)8(7)11/h1-3H,4-5H2. The predicted molar refractivity (Wildman–Crippen MR) is 49.1 cm³/mol. The van der Waals surface area contributed by atoms with Crippen LogP contribution >= 0.6 is 11.6 Å². The Labute approximate surface area is 85.4 Å². The number of hydrogen-bond donors (Lipinski definition) is 0. The van der Waals surface area contributed by atoms with Crippen LogP contribution in [0.5, 0.6) is 0 Å². The lowest BCUT2D eigenvalue weighted by Gasteiger charge is -2.03. The topological polar surface area (TPSA) is 34.1 Å². The van der Waals surface area contributed by atoms with Crippen molar-refractivity contribution in [2.75, 3.05) is 11.6 Å². The van der Waals surface area contributed by atoms with Gasteiger partial charge in [0.25, 0.3) is 0 Å². The maximum Gasteiger partial charge on any atom is 0.182 e. The van der Waals surface area contributed by atoms with Crippen molar-refractivity contribution in [2.24, 2.45) is 0 Å². The van der Waals surface area contributed by atoms with Gasteiger partial charge in [-0.25, -0.2) is 17.2 Å². The van der Waals surface area contributed by atoms with Crippen molar-refractivity contribution in [3.8, 4) is 0 Å². The summed E-state index contributed by atoms with van der Waals surface area (Å²) in [6, 6.07) is 3.01. The van der Waals surface area contributed by atoms with Gasteiger partial charge in [0.1, 0.15) is 4.90 Å². The second-order valence-corrected chi connectivity index (χ2v) is 5.02. The normalized spacial score (nSPS) is 11.6. The summed E-state index contributed by atoms with van der Waals surface area (Å²) in [6.07, 6.45) is 0. The van der Waals surface area contributed by atoms with Crippen LogP contribution in [0.1, 0.15) is 0 Å². The third-order valence-corrected chi connectivity index (χ3v) is 3.74. The molecule has 1 aromatic rings. The highest BCUT2D eigenvalue weighted by atomic mass is 35.5. The molecule has 0 radical (unpaired) electrons. The zero-order valence-electron chi connectivity index (χ0n) is 7.00. The summed E-state index contributed by atoms with van der Waals surface area (Å²) in [6.45, 7) is 0. The average molecular weight is 241 g/mol. The highest BCUT2D eigenvalue weighted by Crippen LogP contribution is 2.18. The van der Waals surface area contributed by atoms with Crippen molar-refractivity contribution in [1.82, 2.24) is 0 Å². The summed E-state index contributed by atoms with van der Waals surface area (Å²) in [4.78, 5) is -0.641. The minimum Gasteiger partial charge on any atom is -0.224 e. The third kappa shape index (κ3) is 2.22. The Balaban J connectivity index is 3.27. The van der Waals surface area contributed by atoms with Crippen LogP contribution in [0.4, 0.5) is 8.78 Å². The molecule has 0 saturated carbocycles. The summed E-state index contributed by atoms with van der Waals surface area (Å²) >= 11 is 5.23. The summed E-state index contributed by atoms with van der Waals surface area (Å²) in [5, 5.41) is 0. The first-order chi connectivity index (χ1) is 6.49. The van der Waals surface area contributed by atoms with Crippen molar-refractivity contribution >= 4 is 21.4 Å². The molecule has 0 N–H and O–H groups in total. The molecular formula is C8H7ClF2O2S. The van der Waals surface area contributed by atoms with Gasteiger partial charge in [0.2, 0.25) is 0 Å². The van der Waals surface area contributed by atoms with E-state index in [1.807, 2.05) is 0 Å². The third-order valence-electron chi connectivity index (χ3n) is 1.60. The van der Waals surface area contributed by atoms with Gasteiger partial charge in [-0.1, -0.05) is 6.07 Å². The van der Waals surface area contributed by atoms with Crippen LogP contribution in [0.15, 0.2) is 23.1 Å². The fraction of sp³-hybridized carbons (Fsp3) is 0.250. The van der Waals surface area contributed by atoms with Gasteiger partial charge in [-0.15, -0.1) is 11.6 Å². The molecule has 0 saturated heterocycles. The number of halogens is 3. The first-order valence-corrected chi connectivity index (χ1v) is 5.90. The Kier molecular flexibility index (Phi) is 3.44. The number of rotatable bonds is 3. The molecule has 1 rings (SSSR count). The number of alkyl halides is 1. The first kappa shape index (κ1) is 11.4. The van der Waals surface area contributed by atoms with Crippen molar-refractivity contribution in [3.63, 3.8) is 0 Å². The lowest BCUT2D eigenvalue weighted by atomic mass is 10.3. The zero-order chi connectivity index (χ0) is 10.8. The van der Waals surface area contributed by atoms with Gasteiger partial charge >= 0.3 is 0 Å². The van der Waals surface area contributed by atoms with Crippen molar-refractivity contribution in [1.29, 1.82) is 0 Å². The lowest BCUT2D eigenvalue weighted by Crippen LogP contribution is -2.10. The Morgan fingerprint density at radius 1 is 1.29 bits per heavy atom. The molecule has 14 heavy (non-hydrogen) atoms. The SMILES string of the molecule is O=S(=O)(CCCl)c1cccc(F)c1F. The van der Waals surface area contributed by atoms with Gasteiger partial charge in [0, 0.05) is 5.88 Å². The van der Waals surface area contributed by atoms with Gasteiger partial charge in [0.15, 0.2) is 21.5 Å². The fourth-order valence-corrected chi connectivity index (χ4v) is 2.62. The fourth-order valence-electron chi connectivity index (χ4n) is 0.936. The van der Waals surface area contributed by atoms with Crippen LogP contribution in [0.2, 0.25) is 0 Å². The van der Waals surface area contributed by atoms with Crippen LogP contribution in [0, 0.1) is 11.6 Å². The van der Waals surface area contributed by atoms with Crippen molar-refractivity contribution < 1.29 is 17.2 Å². The van der Waals surface area contributed by atoms with E-state index in [4.69, 9.17) is 11.6 Å². The van der Waals surface area contributed by atoms with Gasteiger partial charge in [-0.05, 0) is 12.1 Å². The maximum absolute atomic E-state index is 13.0. The van der Waals surface area contributed by atoms with E-state index in [0.717, 1.165) is 18.2 Å². The summed E-state index contributed by atoms with van der Waals surface area (Å²) in [5.41, 5.74) is 0. The van der Waals surface area contributed by atoms with Crippen molar-refractivity contribution in [2.45, 2.75) is 4.90 Å². The molecule has 0 heterocycles. The summed E-state index contributed by atoms with van der Waals surface area (Å²) < 4.78 is 48.3. The first-order valence-electron chi connectivity index (χ1n) is 3.72. The van der Waals surface area contributed by atoms with Crippen LogP contribution < -0.4 is 0 Å². The molecule has 78 valence electrons. The van der Waals surface area contributed by atoms with E-state index in [0.29, 0.717) is 0 Å². The van der Waals surface area contributed by atoms with Crippen molar-refractivity contribution in [3.05, 3.63) is 29.8 Å². The molecule has 0 aromatic heterocycles. The second-order valence-electron chi connectivity index (χ2n) is 2.56. The predicted octanol–water partition coefficient (Wildman–Crippen LogP) is 1.98. The Hall–Kier alpha value is -0.680. The molecule has 0 aliphatic carbocycles. The molecule has 0 spiro atoms. The van der Waals surface area contributed by atoms with E-state index in [-0.39, 0.29) is 5.88 Å². The van der Waals surface area contributed by atoms with Crippen LogP contribution in [-0.2, 0) is 9.84 Å². The molecule has 1 aromatic carbocycles. The van der Waals surface area contributed by atoms with Gasteiger partial charge in [-0.2, -0.15) is 0 Å². The molecule has 0 aliphatic rings. The van der Waals surface area contributed by atoms with Crippen LogP contribution in [0.25, 0.3) is 0 Å².